The summed E-state index contributed by atoms with van der Waals surface area (Å²) >= 11 is 6.04. The van der Waals surface area contributed by atoms with E-state index in [1.807, 2.05) is 10.6 Å². The molecule has 0 atom stereocenters. The van der Waals surface area contributed by atoms with E-state index in [2.05, 4.69) is 13.8 Å². The molecule has 0 bridgehead atoms. The van der Waals surface area contributed by atoms with Crippen molar-refractivity contribution < 1.29 is 19.4 Å². The lowest BCUT2D eigenvalue weighted by Gasteiger charge is -2.34. The van der Waals surface area contributed by atoms with Crippen molar-refractivity contribution in [2.75, 3.05) is 0 Å². The number of aromatic nitrogens is 1. The summed E-state index contributed by atoms with van der Waals surface area (Å²) in [6.45, 7) is 4.15. The van der Waals surface area contributed by atoms with Crippen LogP contribution in [0, 0.1) is 11.7 Å². The van der Waals surface area contributed by atoms with Crippen molar-refractivity contribution in [3.63, 3.8) is 0 Å². The third-order valence-electron chi connectivity index (χ3n) is 5.63. The van der Waals surface area contributed by atoms with E-state index in [4.69, 9.17) is 11.6 Å². The highest BCUT2D eigenvalue weighted by Gasteiger charge is 2.39. The van der Waals surface area contributed by atoms with Crippen molar-refractivity contribution in [2.24, 2.45) is 5.92 Å². The molecule has 1 aromatic heterocycles. The number of rotatable bonds is 4. The highest BCUT2D eigenvalue weighted by atomic mass is 35.5. The fourth-order valence-electron chi connectivity index (χ4n) is 4.28. The van der Waals surface area contributed by atoms with Gasteiger partial charge in [0.05, 0.1) is 16.5 Å². The van der Waals surface area contributed by atoms with Gasteiger partial charge in [-0.3, -0.25) is 4.79 Å². The zero-order valence-corrected chi connectivity index (χ0v) is 16.4. The molecule has 0 radical (unpaired) electrons. The van der Waals surface area contributed by atoms with E-state index in [9.17, 15) is 19.4 Å². The number of phenolic OH excluding ortho intramolecular Hbond substituents is 1. The first kappa shape index (κ1) is 18.8. The molecular formula is C22H21ClFNO3. The fraction of sp³-hybridized carbons (Fsp3) is 0.318. The molecule has 2 N–H and O–H groups in total. The lowest BCUT2D eigenvalue weighted by molar-refractivity contribution is -0.145. The number of aliphatic carboxylic acids is 1. The molecule has 1 aliphatic carbocycles. The monoisotopic (exact) mass is 401 g/mol. The number of halogens is 2. The number of carboxylic acid groups (broad SMARTS) is 1. The number of fused-ring (bicyclic) bond motifs is 1. The van der Waals surface area contributed by atoms with Crippen LogP contribution in [0.1, 0.15) is 49.8 Å². The van der Waals surface area contributed by atoms with Gasteiger partial charge in [-0.1, -0.05) is 25.4 Å². The minimum Gasteiger partial charge on any atom is -0.508 e. The number of aromatic hydroxyl groups is 1. The first-order valence-corrected chi connectivity index (χ1v) is 9.71. The van der Waals surface area contributed by atoms with Gasteiger partial charge in [-0.25, -0.2) is 4.39 Å². The summed E-state index contributed by atoms with van der Waals surface area (Å²) in [5.74, 6) is -1.17. The quantitative estimate of drug-likeness (QED) is 0.578. The molecule has 3 aromatic rings. The first-order chi connectivity index (χ1) is 13.3. The van der Waals surface area contributed by atoms with Gasteiger partial charge in [0.2, 0.25) is 0 Å². The van der Waals surface area contributed by atoms with Gasteiger partial charge in [-0.05, 0) is 66.6 Å². The van der Waals surface area contributed by atoms with E-state index < -0.39 is 11.8 Å². The van der Waals surface area contributed by atoms with Crippen LogP contribution < -0.4 is 0 Å². The fourth-order valence-corrected chi connectivity index (χ4v) is 4.45. The molecule has 28 heavy (non-hydrogen) atoms. The lowest BCUT2D eigenvalue weighted by atomic mass is 9.70. The summed E-state index contributed by atoms with van der Waals surface area (Å²) in [6, 6.07) is 9.82. The van der Waals surface area contributed by atoms with Crippen molar-refractivity contribution in [1.82, 2.24) is 4.57 Å². The first-order valence-electron chi connectivity index (χ1n) is 9.33. The third kappa shape index (κ3) is 2.94. The minimum absolute atomic E-state index is 0.0453. The smallest absolute Gasteiger partial charge is 0.306 e. The maximum atomic E-state index is 13.7. The van der Waals surface area contributed by atoms with E-state index in [0.29, 0.717) is 12.8 Å². The van der Waals surface area contributed by atoms with Crippen LogP contribution in [0.5, 0.6) is 5.75 Å². The standard InChI is InChI=1S/C22H21ClFNO3/c1-11(2)21-20(12-7-13(8-12)22(27)28)16-10-15(26)4-6-19(16)25(21)14-3-5-18(24)17(23)9-14/h3-6,9-13,26H,7-8H2,1-2H3,(H,27,28)/t12-,13+. The topological polar surface area (TPSA) is 62.5 Å². The summed E-state index contributed by atoms with van der Waals surface area (Å²) in [6.07, 6.45) is 1.15. The Morgan fingerprint density at radius 2 is 1.93 bits per heavy atom. The molecule has 4 nitrogen and oxygen atoms in total. The Bertz CT molecular complexity index is 1080. The summed E-state index contributed by atoms with van der Waals surface area (Å²) in [5.41, 5.74) is 3.74. The van der Waals surface area contributed by atoms with Crippen molar-refractivity contribution >= 4 is 28.5 Å². The number of carbonyl (C=O) groups is 1. The van der Waals surface area contributed by atoms with Gasteiger partial charge in [0, 0.05) is 16.8 Å². The van der Waals surface area contributed by atoms with Gasteiger partial charge in [-0.2, -0.15) is 0 Å². The van der Waals surface area contributed by atoms with Gasteiger partial charge in [0.25, 0.3) is 0 Å². The molecule has 0 amide bonds. The maximum Gasteiger partial charge on any atom is 0.306 e. The molecular weight excluding hydrogens is 381 g/mol. The van der Waals surface area contributed by atoms with Gasteiger partial charge in [0.15, 0.2) is 0 Å². The largest absolute Gasteiger partial charge is 0.508 e. The van der Waals surface area contributed by atoms with Crippen LogP contribution in [0.15, 0.2) is 36.4 Å². The number of hydrogen-bond donors (Lipinski definition) is 2. The van der Waals surface area contributed by atoms with Gasteiger partial charge >= 0.3 is 5.97 Å². The SMILES string of the molecule is CC(C)c1c([C@H]2C[C@@H](C(=O)O)C2)c2cc(O)ccc2n1-c1ccc(F)c(Cl)c1. The maximum absolute atomic E-state index is 13.7. The second-order valence-electron chi connectivity index (χ2n) is 7.79. The molecule has 0 spiro atoms. The summed E-state index contributed by atoms with van der Waals surface area (Å²) in [7, 11) is 0. The molecule has 1 fully saturated rings. The van der Waals surface area contributed by atoms with E-state index in [-0.39, 0.29) is 28.5 Å². The number of nitrogens with zero attached hydrogens (tertiary/aromatic N) is 1. The van der Waals surface area contributed by atoms with E-state index in [1.54, 1.807) is 24.3 Å². The van der Waals surface area contributed by atoms with Crippen molar-refractivity contribution in [3.05, 3.63) is 58.5 Å². The highest BCUT2D eigenvalue weighted by molar-refractivity contribution is 6.30. The Morgan fingerprint density at radius 1 is 1.21 bits per heavy atom. The Morgan fingerprint density at radius 3 is 2.54 bits per heavy atom. The molecule has 0 saturated heterocycles. The number of benzene rings is 2. The Hall–Kier alpha value is -2.53. The Balaban J connectivity index is 1.98. The Labute approximate surface area is 167 Å². The second kappa shape index (κ2) is 6.82. The summed E-state index contributed by atoms with van der Waals surface area (Å²) in [4.78, 5) is 11.3. The predicted octanol–water partition coefficient (Wildman–Crippen LogP) is 5.83. The summed E-state index contributed by atoms with van der Waals surface area (Å²) in [5, 5.41) is 20.3. The van der Waals surface area contributed by atoms with E-state index in [1.165, 1.54) is 6.07 Å². The highest BCUT2D eigenvalue weighted by Crippen LogP contribution is 2.49. The zero-order chi connectivity index (χ0) is 20.2. The normalized spacial score (nSPS) is 19.2. The summed E-state index contributed by atoms with van der Waals surface area (Å²) < 4.78 is 15.8. The number of carboxylic acids is 1. The zero-order valence-electron chi connectivity index (χ0n) is 15.6. The number of phenols is 1. The van der Waals surface area contributed by atoms with Crippen molar-refractivity contribution in [2.45, 2.75) is 38.5 Å². The van der Waals surface area contributed by atoms with Gasteiger partial charge in [0.1, 0.15) is 11.6 Å². The average molecular weight is 402 g/mol. The van der Waals surface area contributed by atoms with Gasteiger partial charge < -0.3 is 14.8 Å². The molecule has 1 saturated carbocycles. The van der Waals surface area contributed by atoms with Crippen LogP contribution >= 0.6 is 11.6 Å². The van der Waals surface area contributed by atoms with E-state index >= 15 is 0 Å². The molecule has 1 aliphatic rings. The molecule has 146 valence electrons. The van der Waals surface area contributed by atoms with Crippen LogP contribution in [0.4, 0.5) is 4.39 Å². The second-order valence-corrected chi connectivity index (χ2v) is 8.20. The molecule has 2 aromatic carbocycles. The lowest BCUT2D eigenvalue weighted by Crippen LogP contribution is -2.29. The van der Waals surface area contributed by atoms with Crippen LogP contribution in [0.3, 0.4) is 0 Å². The molecule has 0 unspecified atom stereocenters. The van der Waals surface area contributed by atoms with Crippen LogP contribution in [0.2, 0.25) is 5.02 Å². The van der Waals surface area contributed by atoms with Gasteiger partial charge in [-0.15, -0.1) is 0 Å². The van der Waals surface area contributed by atoms with Crippen molar-refractivity contribution in [1.29, 1.82) is 0 Å². The molecule has 0 aliphatic heterocycles. The predicted molar refractivity (Wildman–Crippen MR) is 107 cm³/mol. The van der Waals surface area contributed by atoms with Crippen LogP contribution in [0.25, 0.3) is 16.6 Å². The minimum atomic E-state index is -0.765. The van der Waals surface area contributed by atoms with Crippen molar-refractivity contribution in [3.8, 4) is 11.4 Å². The molecule has 4 rings (SSSR count). The van der Waals surface area contributed by atoms with Crippen LogP contribution in [-0.4, -0.2) is 20.7 Å². The molecule has 1 heterocycles. The molecule has 6 heteroatoms. The third-order valence-corrected chi connectivity index (χ3v) is 5.92. The number of hydrogen-bond acceptors (Lipinski definition) is 2. The average Bonchev–Trinajstić information content (AvgIpc) is 2.90. The Kier molecular flexibility index (Phi) is 4.58. The van der Waals surface area contributed by atoms with Crippen LogP contribution in [-0.2, 0) is 4.79 Å². The van der Waals surface area contributed by atoms with E-state index in [0.717, 1.165) is 27.8 Å².